The molecular formula is C13H16Cl2N2O3S. The van der Waals surface area contributed by atoms with Crippen LogP contribution in [0.4, 0.5) is 0 Å². The minimum Gasteiger partial charge on any atom is -0.335 e. The van der Waals surface area contributed by atoms with Crippen molar-refractivity contribution in [3.8, 4) is 0 Å². The van der Waals surface area contributed by atoms with Crippen LogP contribution in [0.2, 0.25) is 10.2 Å². The summed E-state index contributed by atoms with van der Waals surface area (Å²) in [5.74, 6) is -0.108. The first kappa shape index (κ1) is 16.5. The molecule has 0 N–H and O–H groups in total. The maximum absolute atomic E-state index is 12.6. The zero-order valence-corrected chi connectivity index (χ0v) is 13.9. The van der Waals surface area contributed by atoms with Gasteiger partial charge in [0.05, 0.1) is 22.1 Å². The van der Waals surface area contributed by atoms with Gasteiger partial charge in [0.25, 0.3) is 5.91 Å². The van der Waals surface area contributed by atoms with Crippen LogP contribution >= 0.6 is 23.2 Å². The summed E-state index contributed by atoms with van der Waals surface area (Å²) in [6.45, 7) is 2.44. The highest BCUT2D eigenvalue weighted by molar-refractivity contribution is 7.91. The number of nitrogens with zero attached hydrogens (tertiary/aromatic N) is 2. The third-order valence-corrected chi connectivity index (χ3v) is 5.85. The number of sulfone groups is 1. The Balaban J connectivity index is 2.25. The van der Waals surface area contributed by atoms with E-state index in [2.05, 4.69) is 4.98 Å². The van der Waals surface area contributed by atoms with Crippen LogP contribution in [0.3, 0.4) is 0 Å². The molecular weight excluding hydrogens is 335 g/mol. The fraction of sp³-hybridized carbons (Fsp3) is 0.538. The Morgan fingerprint density at radius 2 is 2.19 bits per heavy atom. The molecule has 0 aromatic carbocycles. The first-order chi connectivity index (χ1) is 9.84. The van der Waals surface area contributed by atoms with Gasteiger partial charge in [0, 0.05) is 18.8 Å². The summed E-state index contributed by atoms with van der Waals surface area (Å²) >= 11 is 11.6. The lowest BCUT2D eigenvalue weighted by Gasteiger charge is -2.28. The van der Waals surface area contributed by atoms with Gasteiger partial charge in [0.15, 0.2) is 9.84 Å². The zero-order valence-electron chi connectivity index (χ0n) is 11.6. The van der Waals surface area contributed by atoms with Crippen molar-refractivity contribution in [2.75, 3.05) is 18.1 Å². The topological polar surface area (TPSA) is 67.3 Å². The number of pyridine rings is 1. The van der Waals surface area contributed by atoms with E-state index in [1.54, 1.807) is 4.90 Å². The average molecular weight is 351 g/mol. The first-order valence-electron chi connectivity index (χ1n) is 6.66. The molecule has 1 amide bonds. The van der Waals surface area contributed by atoms with Gasteiger partial charge in [-0.25, -0.2) is 13.4 Å². The van der Waals surface area contributed by atoms with Gasteiger partial charge in [-0.15, -0.1) is 0 Å². The fourth-order valence-electron chi connectivity index (χ4n) is 2.42. The maximum Gasteiger partial charge on any atom is 0.255 e. The Labute approximate surface area is 134 Å². The molecule has 1 unspecified atom stereocenters. The lowest BCUT2D eigenvalue weighted by molar-refractivity contribution is 0.0696. The molecule has 1 aliphatic rings. The molecule has 1 saturated heterocycles. The molecule has 1 aromatic rings. The molecule has 0 bridgehead atoms. The van der Waals surface area contributed by atoms with Gasteiger partial charge in [0.1, 0.15) is 5.15 Å². The summed E-state index contributed by atoms with van der Waals surface area (Å²) in [6.07, 6.45) is 2.59. The number of hydrogen-bond acceptors (Lipinski definition) is 4. The summed E-state index contributed by atoms with van der Waals surface area (Å²) in [7, 11) is -3.05. The molecule has 21 heavy (non-hydrogen) atoms. The van der Waals surface area contributed by atoms with Crippen LogP contribution in [0.5, 0.6) is 0 Å². The van der Waals surface area contributed by atoms with Gasteiger partial charge in [0.2, 0.25) is 0 Å². The molecule has 8 heteroatoms. The molecule has 0 radical (unpaired) electrons. The monoisotopic (exact) mass is 350 g/mol. The molecule has 116 valence electrons. The van der Waals surface area contributed by atoms with Crippen molar-refractivity contribution in [3.63, 3.8) is 0 Å². The second kappa shape index (κ2) is 6.50. The Hall–Kier alpha value is -0.850. The highest BCUT2D eigenvalue weighted by Crippen LogP contribution is 2.23. The average Bonchev–Trinajstić information content (AvgIpc) is 2.78. The number of rotatable bonds is 4. The van der Waals surface area contributed by atoms with Crippen LogP contribution < -0.4 is 0 Å². The van der Waals surface area contributed by atoms with E-state index >= 15 is 0 Å². The van der Waals surface area contributed by atoms with Crippen LogP contribution in [-0.4, -0.2) is 48.3 Å². The van der Waals surface area contributed by atoms with E-state index in [-0.39, 0.29) is 33.6 Å². The number of carbonyl (C=O) groups is 1. The van der Waals surface area contributed by atoms with E-state index in [0.29, 0.717) is 18.5 Å². The lowest BCUT2D eigenvalue weighted by atomic mass is 10.1. The number of carbonyl (C=O) groups excluding carboxylic acids is 1. The number of hydrogen-bond donors (Lipinski definition) is 0. The van der Waals surface area contributed by atoms with Crippen LogP contribution in [-0.2, 0) is 9.84 Å². The van der Waals surface area contributed by atoms with Gasteiger partial charge < -0.3 is 4.90 Å². The SMILES string of the molecule is CCCN(C(=O)c1cnc(Cl)c(Cl)c1)C1CCS(=O)(=O)C1. The highest BCUT2D eigenvalue weighted by atomic mass is 35.5. The molecule has 0 aliphatic carbocycles. The molecule has 1 atom stereocenters. The minimum absolute atomic E-state index is 0.0213. The second-order valence-corrected chi connectivity index (χ2v) is 8.05. The number of halogens is 2. The summed E-state index contributed by atoms with van der Waals surface area (Å²) < 4.78 is 23.2. The van der Waals surface area contributed by atoms with E-state index in [0.717, 1.165) is 6.42 Å². The molecule has 0 spiro atoms. The van der Waals surface area contributed by atoms with E-state index in [1.807, 2.05) is 6.92 Å². The second-order valence-electron chi connectivity index (χ2n) is 5.05. The zero-order chi connectivity index (χ0) is 15.6. The van der Waals surface area contributed by atoms with Crippen molar-refractivity contribution >= 4 is 38.9 Å². The molecule has 1 aliphatic heterocycles. The van der Waals surface area contributed by atoms with Crippen molar-refractivity contribution in [2.45, 2.75) is 25.8 Å². The molecule has 1 fully saturated rings. The Morgan fingerprint density at radius 3 is 2.71 bits per heavy atom. The minimum atomic E-state index is -3.05. The Morgan fingerprint density at radius 1 is 1.48 bits per heavy atom. The van der Waals surface area contributed by atoms with Gasteiger partial charge in [-0.3, -0.25) is 4.79 Å². The lowest BCUT2D eigenvalue weighted by Crippen LogP contribution is -2.41. The smallest absolute Gasteiger partial charge is 0.255 e. The van der Waals surface area contributed by atoms with Crippen LogP contribution in [0.15, 0.2) is 12.3 Å². The summed E-state index contributed by atoms with van der Waals surface area (Å²) in [6, 6.07) is 1.18. The third kappa shape index (κ3) is 3.87. The molecule has 2 rings (SSSR count). The van der Waals surface area contributed by atoms with Crippen molar-refractivity contribution in [1.29, 1.82) is 0 Å². The molecule has 1 aromatic heterocycles. The summed E-state index contributed by atoms with van der Waals surface area (Å²) in [5.41, 5.74) is 0.321. The van der Waals surface area contributed by atoms with Gasteiger partial charge >= 0.3 is 0 Å². The van der Waals surface area contributed by atoms with E-state index in [4.69, 9.17) is 23.2 Å². The first-order valence-corrected chi connectivity index (χ1v) is 9.24. The largest absolute Gasteiger partial charge is 0.335 e. The van der Waals surface area contributed by atoms with E-state index in [9.17, 15) is 13.2 Å². The Kier molecular flexibility index (Phi) is 5.11. The predicted molar refractivity (Wildman–Crippen MR) is 82.6 cm³/mol. The standard InChI is InChI=1S/C13H16Cl2N2O3S/c1-2-4-17(10-3-5-21(19,20)8-10)13(18)9-6-11(14)12(15)16-7-9/h6-7,10H,2-5,8H2,1H3. The van der Waals surface area contributed by atoms with Crippen molar-refractivity contribution in [1.82, 2.24) is 9.88 Å². The number of aromatic nitrogens is 1. The molecule has 2 heterocycles. The van der Waals surface area contributed by atoms with E-state index in [1.165, 1.54) is 12.3 Å². The van der Waals surface area contributed by atoms with Crippen LogP contribution in [0.25, 0.3) is 0 Å². The van der Waals surface area contributed by atoms with Crippen LogP contribution in [0.1, 0.15) is 30.1 Å². The van der Waals surface area contributed by atoms with Gasteiger partial charge in [-0.2, -0.15) is 0 Å². The molecule has 5 nitrogen and oxygen atoms in total. The van der Waals surface area contributed by atoms with Crippen molar-refractivity contribution < 1.29 is 13.2 Å². The van der Waals surface area contributed by atoms with Gasteiger partial charge in [-0.05, 0) is 18.9 Å². The highest BCUT2D eigenvalue weighted by Gasteiger charge is 2.34. The quantitative estimate of drug-likeness (QED) is 0.782. The van der Waals surface area contributed by atoms with Crippen molar-refractivity contribution in [3.05, 3.63) is 28.0 Å². The molecule has 0 saturated carbocycles. The normalized spacial score (nSPS) is 20.4. The Bertz CT molecular complexity index is 649. The van der Waals surface area contributed by atoms with Crippen molar-refractivity contribution in [2.24, 2.45) is 0 Å². The summed E-state index contributed by atoms with van der Waals surface area (Å²) in [5, 5.41) is 0.344. The fourth-order valence-corrected chi connectivity index (χ4v) is 4.42. The van der Waals surface area contributed by atoms with Gasteiger partial charge in [-0.1, -0.05) is 30.1 Å². The van der Waals surface area contributed by atoms with E-state index < -0.39 is 9.84 Å². The number of amides is 1. The van der Waals surface area contributed by atoms with Crippen LogP contribution in [0, 0.1) is 0 Å². The third-order valence-electron chi connectivity index (χ3n) is 3.42. The predicted octanol–water partition coefficient (Wildman–Crippen LogP) is 2.43. The maximum atomic E-state index is 12.6. The summed E-state index contributed by atoms with van der Waals surface area (Å²) in [4.78, 5) is 18.1.